The van der Waals surface area contributed by atoms with Gasteiger partial charge in [0, 0.05) is 12.6 Å². The molecule has 0 saturated heterocycles. The van der Waals surface area contributed by atoms with Crippen LogP contribution in [0.4, 0.5) is 4.39 Å². The Morgan fingerprint density at radius 2 is 2.25 bits per heavy atom. The zero-order chi connectivity index (χ0) is 13.9. The fraction of sp³-hybridized carbons (Fsp3) is 0.467. The number of nitrogens with one attached hydrogen (secondary N) is 1. The van der Waals surface area contributed by atoms with Crippen molar-refractivity contribution >= 4 is 0 Å². The average Bonchev–Trinajstić information content (AvgIpc) is 2.84. The van der Waals surface area contributed by atoms with Crippen LogP contribution >= 0.6 is 0 Å². The molecule has 0 bridgehead atoms. The highest BCUT2D eigenvalue weighted by Gasteiger charge is 2.30. The lowest BCUT2D eigenvalue weighted by Gasteiger charge is -2.36. The summed E-state index contributed by atoms with van der Waals surface area (Å²) in [6.07, 6.45) is 3.88. The van der Waals surface area contributed by atoms with E-state index in [9.17, 15) is 4.39 Å². The number of hydrogen-bond acceptors (Lipinski definition) is 3. The van der Waals surface area contributed by atoms with Crippen LogP contribution in [0.15, 0.2) is 30.6 Å². The molecule has 106 valence electrons. The Morgan fingerprint density at radius 1 is 1.40 bits per heavy atom. The van der Waals surface area contributed by atoms with Crippen LogP contribution in [-0.4, -0.2) is 20.8 Å². The molecule has 0 radical (unpaired) electrons. The monoisotopic (exact) mass is 274 g/mol. The van der Waals surface area contributed by atoms with Gasteiger partial charge in [-0.25, -0.2) is 4.39 Å². The number of rotatable bonds is 5. The average molecular weight is 274 g/mol. The Morgan fingerprint density at radius 3 is 3.00 bits per heavy atom. The van der Waals surface area contributed by atoms with Gasteiger partial charge in [-0.05, 0) is 43.4 Å². The third-order valence-corrected chi connectivity index (χ3v) is 4.04. The Bertz CT molecular complexity index is 575. The minimum absolute atomic E-state index is 0.144. The number of aryl methyl sites for hydroxylation is 1. The topological polar surface area (TPSA) is 42.7 Å². The number of halogens is 1. The normalized spacial score (nSPS) is 21.7. The number of nitrogens with zero attached hydrogens (tertiary/aromatic N) is 3. The minimum atomic E-state index is -0.144. The molecule has 1 fully saturated rings. The lowest BCUT2D eigenvalue weighted by Crippen LogP contribution is -2.40. The number of aromatic nitrogens is 3. The molecule has 5 heteroatoms. The van der Waals surface area contributed by atoms with Crippen molar-refractivity contribution in [2.45, 2.75) is 44.8 Å². The zero-order valence-electron chi connectivity index (χ0n) is 11.6. The zero-order valence-corrected chi connectivity index (χ0v) is 11.6. The molecule has 0 aliphatic heterocycles. The first-order valence-corrected chi connectivity index (χ1v) is 7.11. The third-order valence-electron chi connectivity index (χ3n) is 4.04. The second kappa shape index (κ2) is 5.71. The van der Waals surface area contributed by atoms with Crippen molar-refractivity contribution in [1.82, 2.24) is 20.1 Å². The van der Waals surface area contributed by atoms with Gasteiger partial charge in [-0.15, -0.1) is 10.2 Å². The molecule has 1 aliphatic carbocycles. The molecule has 4 nitrogen and oxygen atoms in total. The van der Waals surface area contributed by atoms with Crippen molar-refractivity contribution in [3.8, 4) is 0 Å². The van der Waals surface area contributed by atoms with E-state index in [1.165, 1.54) is 6.07 Å². The van der Waals surface area contributed by atoms with Gasteiger partial charge >= 0.3 is 0 Å². The third kappa shape index (κ3) is 2.72. The summed E-state index contributed by atoms with van der Waals surface area (Å²) in [6.45, 7) is 3.71. The van der Waals surface area contributed by atoms with Crippen molar-refractivity contribution in [3.05, 3.63) is 47.8 Å². The Kier molecular flexibility index (Phi) is 3.78. The quantitative estimate of drug-likeness (QED) is 0.911. The second-order valence-electron chi connectivity index (χ2n) is 5.33. The van der Waals surface area contributed by atoms with Crippen molar-refractivity contribution in [1.29, 1.82) is 0 Å². The molecule has 1 heterocycles. The minimum Gasteiger partial charge on any atom is -0.317 e. The van der Waals surface area contributed by atoms with Crippen LogP contribution in [-0.2, 0) is 13.1 Å². The highest BCUT2D eigenvalue weighted by Crippen LogP contribution is 2.37. The molecule has 2 aromatic rings. The molecule has 0 atom stereocenters. The number of hydrogen-bond donors (Lipinski definition) is 1. The summed E-state index contributed by atoms with van der Waals surface area (Å²) < 4.78 is 15.2. The van der Waals surface area contributed by atoms with Gasteiger partial charge in [0.2, 0.25) is 0 Å². The molecule has 1 saturated carbocycles. The fourth-order valence-electron chi connectivity index (χ4n) is 2.73. The summed E-state index contributed by atoms with van der Waals surface area (Å²) in [5.41, 5.74) is 1.11. The van der Waals surface area contributed by atoms with E-state index in [1.54, 1.807) is 18.5 Å². The van der Waals surface area contributed by atoms with Crippen molar-refractivity contribution in [2.75, 3.05) is 0 Å². The number of benzene rings is 1. The van der Waals surface area contributed by atoms with Crippen LogP contribution in [0.25, 0.3) is 0 Å². The van der Waals surface area contributed by atoms with Gasteiger partial charge in [-0.1, -0.05) is 12.1 Å². The smallest absolute Gasteiger partial charge is 0.146 e. The molecular weight excluding hydrogens is 255 g/mol. The largest absolute Gasteiger partial charge is 0.317 e. The SMILES string of the molecule is CCn1cnnc1CNC1CC(c2cccc(F)c2)C1. The Balaban J connectivity index is 1.49. The van der Waals surface area contributed by atoms with Gasteiger partial charge in [0.15, 0.2) is 0 Å². The van der Waals surface area contributed by atoms with Gasteiger partial charge in [-0.2, -0.15) is 0 Å². The summed E-state index contributed by atoms with van der Waals surface area (Å²) in [7, 11) is 0. The molecule has 0 unspecified atom stereocenters. The summed E-state index contributed by atoms with van der Waals surface area (Å²) in [5, 5.41) is 11.5. The first-order valence-electron chi connectivity index (χ1n) is 7.11. The van der Waals surface area contributed by atoms with E-state index in [-0.39, 0.29) is 5.82 Å². The van der Waals surface area contributed by atoms with E-state index in [2.05, 4.69) is 22.4 Å². The fourth-order valence-corrected chi connectivity index (χ4v) is 2.73. The maximum Gasteiger partial charge on any atom is 0.146 e. The maximum absolute atomic E-state index is 13.2. The lowest BCUT2D eigenvalue weighted by atomic mass is 9.76. The molecule has 0 spiro atoms. The van der Waals surface area contributed by atoms with Crippen LogP contribution in [0.5, 0.6) is 0 Å². The van der Waals surface area contributed by atoms with Crippen molar-refractivity contribution in [2.24, 2.45) is 0 Å². The van der Waals surface area contributed by atoms with E-state index in [0.717, 1.165) is 37.3 Å². The van der Waals surface area contributed by atoms with E-state index in [4.69, 9.17) is 0 Å². The molecule has 0 amide bonds. The van der Waals surface area contributed by atoms with Crippen molar-refractivity contribution < 1.29 is 4.39 Å². The lowest BCUT2D eigenvalue weighted by molar-refractivity contribution is 0.285. The van der Waals surface area contributed by atoms with E-state index >= 15 is 0 Å². The Labute approximate surface area is 118 Å². The highest BCUT2D eigenvalue weighted by molar-refractivity contribution is 5.23. The first-order chi connectivity index (χ1) is 9.76. The van der Waals surface area contributed by atoms with Gasteiger partial charge in [-0.3, -0.25) is 0 Å². The summed E-state index contributed by atoms with van der Waals surface area (Å²) in [4.78, 5) is 0. The summed E-state index contributed by atoms with van der Waals surface area (Å²) >= 11 is 0. The van der Waals surface area contributed by atoms with E-state index < -0.39 is 0 Å². The standard InChI is InChI=1S/C15H19FN4/c1-2-20-10-18-19-15(20)9-17-14-7-12(8-14)11-4-3-5-13(16)6-11/h3-6,10,12,14,17H,2,7-9H2,1H3. The molecule has 1 aromatic carbocycles. The van der Waals surface area contributed by atoms with Gasteiger partial charge in [0.05, 0.1) is 6.54 Å². The highest BCUT2D eigenvalue weighted by atomic mass is 19.1. The van der Waals surface area contributed by atoms with E-state index in [0.29, 0.717) is 12.0 Å². The predicted octanol–water partition coefficient (Wildman–Crippen LogP) is 2.47. The molecule has 3 rings (SSSR count). The van der Waals surface area contributed by atoms with Gasteiger partial charge in [0.1, 0.15) is 18.0 Å². The molecule has 1 N–H and O–H groups in total. The van der Waals surface area contributed by atoms with Gasteiger partial charge in [0.25, 0.3) is 0 Å². The second-order valence-corrected chi connectivity index (χ2v) is 5.33. The molecular formula is C15H19FN4. The summed E-state index contributed by atoms with van der Waals surface area (Å²) in [5.74, 6) is 1.31. The summed E-state index contributed by atoms with van der Waals surface area (Å²) in [6, 6.07) is 7.43. The maximum atomic E-state index is 13.2. The van der Waals surface area contributed by atoms with Crippen LogP contribution in [0.2, 0.25) is 0 Å². The molecule has 20 heavy (non-hydrogen) atoms. The van der Waals surface area contributed by atoms with Crippen LogP contribution in [0.3, 0.4) is 0 Å². The first kappa shape index (κ1) is 13.2. The predicted molar refractivity (Wildman–Crippen MR) is 74.7 cm³/mol. The van der Waals surface area contributed by atoms with Crippen LogP contribution < -0.4 is 5.32 Å². The van der Waals surface area contributed by atoms with Crippen LogP contribution in [0.1, 0.15) is 37.1 Å². The van der Waals surface area contributed by atoms with Crippen LogP contribution in [0, 0.1) is 5.82 Å². The molecule has 1 aromatic heterocycles. The van der Waals surface area contributed by atoms with Crippen molar-refractivity contribution in [3.63, 3.8) is 0 Å². The van der Waals surface area contributed by atoms with E-state index in [1.807, 2.05) is 10.6 Å². The molecule has 1 aliphatic rings. The van der Waals surface area contributed by atoms with Gasteiger partial charge < -0.3 is 9.88 Å². The Hall–Kier alpha value is -1.75.